The molecule has 9 aromatic rings. The first-order valence-electron chi connectivity index (χ1n) is 25.9. The third-order valence-electron chi connectivity index (χ3n) is 14.4. The molecule has 2 unspecified atom stereocenters. The van der Waals surface area contributed by atoms with Crippen molar-refractivity contribution in [1.29, 1.82) is 0 Å². The van der Waals surface area contributed by atoms with Crippen LogP contribution in [0.1, 0.15) is 56.3 Å². The second-order valence-electron chi connectivity index (χ2n) is 19.3. The van der Waals surface area contributed by atoms with Gasteiger partial charge >= 0.3 is 5.97 Å². The lowest BCUT2D eigenvalue weighted by Gasteiger charge is -2.53. The maximum Gasteiger partial charge on any atom is 0.319 e. The Hall–Kier alpha value is -8.55. The summed E-state index contributed by atoms with van der Waals surface area (Å²) in [6.45, 7) is 0.0172. The Morgan fingerprint density at radius 2 is 1.09 bits per heavy atom. The van der Waals surface area contributed by atoms with Gasteiger partial charge in [0.25, 0.3) is 5.91 Å². The minimum Gasteiger partial charge on any atom is -0.452 e. The fourth-order valence-electron chi connectivity index (χ4n) is 10.6. The molecule has 2 saturated heterocycles. The summed E-state index contributed by atoms with van der Waals surface area (Å²) in [7, 11) is 0. The second kappa shape index (κ2) is 23.6. The van der Waals surface area contributed by atoms with Crippen LogP contribution >= 0.6 is 34.7 Å². The molecule has 2 N–H and O–H groups in total. The first-order valence-corrected chi connectivity index (χ1v) is 28.4. The fourth-order valence-corrected chi connectivity index (χ4v) is 12.9. The van der Waals surface area contributed by atoms with Gasteiger partial charge in [-0.3, -0.25) is 14.4 Å². The molecule has 11 rings (SSSR count). The highest BCUT2D eigenvalue weighted by molar-refractivity contribution is 8.00. The number of allylic oxidation sites excluding steroid dienone is 1. The van der Waals surface area contributed by atoms with Crippen LogP contribution in [0, 0.1) is 5.41 Å². The van der Waals surface area contributed by atoms with Crippen molar-refractivity contribution < 1.29 is 24.0 Å². The van der Waals surface area contributed by atoms with Crippen molar-refractivity contribution >= 4 is 63.3 Å². The Labute approximate surface area is 472 Å². The number of nitrogens with zero attached hydrogens (tertiary/aromatic N) is 3. The molecule has 2 fully saturated rings. The standard InChI is InChI=1S/C66H54ClN5O5S2/c67-43-25-42-64(62(75)76-58(47-26-9-1-10-27-47)48-28-11-2-12-29-48)45-72-60(74)57(61(72)79-46-64)69-59(73)56(71-77-66(52-36-19-6-20-37-52,53-38-21-7-22-39-53)54-40-23-8-24-41-54)55-44-78-63(68-55)70-65(49-30-13-3-14-31-49,50-32-15-4-16-33-50)51-34-17-5-18-35-51/h1-42,44,57-58,61H,43,45-46H2,(H,68,70)(H,69,73)/t57?,61-,64?/m1/s1. The predicted octanol–water partition coefficient (Wildman–Crippen LogP) is 12.8. The molecule has 0 saturated carbocycles. The molecule has 0 aliphatic carbocycles. The van der Waals surface area contributed by atoms with E-state index in [1.165, 1.54) is 23.1 Å². The van der Waals surface area contributed by atoms with Crippen LogP contribution in [-0.2, 0) is 35.1 Å². The molecule has 8 aromatic carbocycles. The Morgan fingerprint density at radius 3 is 1.53 bits per heavy atom. The molecular weight excluding hydrogens is 1040 g/mol. The Kier molecular flexibility index (Phi) is 15.7. The smallest absolute Gasteiger partial charge is 0.319 e. The van der Waals surface area contributed by atoms with Crippen LogP contribution < -0.4 is 10.6 Å². The number of aromatic nitrogens is 1. The number of anilines is 1. The predicted molar refractivity (Wildman–Crippen MR) is 315 cm³/mol. The number of oxime groups is 1. The van der Waals surface area contributed by atoms with E-state index >= 15 is 4.79 Å². The van der Waals surface area contributed by atoms with E-state index < -0.39 is 46.0 Å². The first kappa shape index (κ1) is 52.5. The van der Waals surface area contributed by atoms with E-state index in [4.69, 9.17) is 31.3 Å². The van der Waals surface area contributed by atoms with E-state index in [0.717, 1.165) is 44.5 Å². The van der Waals surface area contributed by atoms with Crippen LogP contribution in [0.2, 0.25) is 0 Å². The molecule has 0 radical (unpaired) electrons. The number of halogens is 1. The van der Waals surface area contributed by atoms with Crippen LogP contribution in [0.15, 0.2) is 265 Å². The number of hydrogen-bond donors (Lipinski definition) is 2. The van der Waals surface area contributed by atoms with Crippen molar-refractivity contribution in [2.24, 2.45) is 10.6 Å². The zero-order valence-electron chi connectivity index (χ0n) is 42.8. The number of hydrogen-bond acceptors (Lipinski definition) is 10. The average molecular weight is 1100 g/mol. The molecule has 2 amide bonds. The highest BCUT2D eigenvalue weighted by Crippen LogP contribution is 2.46. The summed E-state index contributed by atoms with van der Waals surface area (Å²) < 4.78 is 6.44. The van der Waals surface area contributed by atoms with Gasteiger partial charge in [0.15, 0.2) is 16.9 Å². The van der Waals surface area contributed by atoms with Crippen LogP contribution in [-0.4, -0.2) is 63.0 Å². The van der Waals surface area contributed by atoms with Gasteiger partial charge in [-0.25, -0.2) is 4.98 Å². The van der Waals surface area contributed by atoms with Gasteiger partial charge in [-0.15, -0.1) is 34.7 Å². The number of carbonyl (C=O) groups excluding carboxylic acids is 3. The topological polar surface area (TPSA) is 122 Å². The quantitative estimate of drug-likeness (QED) is 0.0156. The lowest BCUT2D eigenvalue weighted by atomic mass is 9.77. The number of carbonyl (C=O) groups is 3. The van der Waals surface area contributed by atoms with E-state index in [1.54, 1.807) is 22.4 Å². The number of amides is 2. The zero-order valence-corrected chi connectivity index (χ0v) is 45.1. The van der Waals surface area contributed by atoms with Crippen molar-refractivity contribution in [3.8, 4) is 0 Å². The van der Waals surface area contributed by atoms with Crippen LogP contribution in [0.3, 0.4) is 0 Å². The van der Waals surface area contributed by atoms with Gasteiger partial charge in [0.1, 0.15) is 28.1 Å². The van der Waals surface area contributed by atoms with Crippen molar-refractivity contribution in [3.05, 3.63) is 310 Å². The molecule has 392 valence electrons. The molecule has 3 atom stereocenters. The second-order valence-corrected chi connectivity index (χ2v) is 21.5. The fraction of sp³-hybridized carbons (Fsp3) is 0.136. The third kappa shape index (κ3) is 10.5. The monoisotopic (exact) mass is 1100 g/mol. The van der Waals surface area contributed by atoms with Gasteiger partial charge < -0.3 is 25.1 Å². The number of thioether (sulfide) groups is 1. The zero-order chi connectivity index (χ0) is 54.1. The minimum atomic E-state index is -1.35. The average Bonchev–Trinajstić information content (AvgIpc) is 4.15. The lowest BCUT2D eigenvalue weighted by Crippen LogP contribution is -2.74. The van der Waals surface area contributed by atoms with E-state index in [-0.39, 0.29) is 35.5 Å². The summed E-state index contributed by atoms with van der Waals surface area (Å²) in [5.74, 6) is -1.13. The van der Waals surface area contributed by atoms with Crippen molar-refractivity contribution in [2.75, 3.05) is 23.5 Å². The molecule has 2 aliphatic heterocycles. The summed E-state index contributed by atoms with van der Waals surface area (Å²) in [6.07, 6.45) is 2.78. The van der Waals surface area contributed by atoms with Crippen LogP contribution in [0.5, 0.6) is 0 Å². The summed E-state index contributed by atoms with van der Waals surface area (Å²) in [4.78, 5) is 58.4. The van der Waals surface area contributed by atoms with Gasteiger partial charge in [0.05, 0.1) is 0 Å². The largest absolute Gasteiger partial charge is 0.452 e. The van der Waals surface area contributed by atoms with Gasteiger partial charge in [-0.05, 0) is 27.8 Å². The summed E-state index contributed by atoms with van der Waals surface area (Å²) in [5, 5.41) is 13.5. The van der Waals surface area contributed by atoms with Gasteiger partial charge in [-0.1, -0.05) is 260 Å². The number of ether oxygens (including phenoxy) is 1. The molecule has 0 bridgehead atoms. The summed E-state index contributed by atoms with van der Waals surface area (Å²) >= 11 is 8.94. The number of fused-ring (bicyclic) bond motifs is 1. The SMILES string of the molecule is O=C(NC1C(=O)N2CC(C=CCCl)(C(=O)OC(c3ccccc3)c3ccccc3)CS[C@H]12)C(=NOC(c1ccccc1)(c1ccccc1)c1ccccc1)c1csc(NC(c2ccccc2)(c2ccccc2)c2ccccc2)n1. The minimum absolute atomic E-state index is 0.0172. The molecular formula is C66H54ClN5O5S2. The van der Waals surface area contributed by atoms with Crippen LogP contribution in [0.4, 0.5) is 5.13 Å². The molecule has 0 spiro atoms. The number of esters is 1. The normalized spacial score (nSPS) is 17.4. The van der Waals surface area contributed by atoms with E-state index in [9.17, 15) is 9.59 Å². The summed E-state index contributed by atoms with van der Waals surface area (Å²) in [5.41, 5.74) is 3.37. The molecule has 3 heterocycles. The van der Waals surface area contributed by atoms with Crippen LogP contribution in [0.25, 0.3) is 0 Å². The first-order chi connectivity index (χ1) is 38.8. The number of thiazole rings is 1. The van der Waals surface area contributed by atoms with Gasteiger partial charge in [0, 0.05) is 40.2 Å². The Bertz CT molecular complexity index is 3330. The lowest BCUT2D eigenvalue weighted by molar-refractivity contribution is -0.162. The summed E-state index contributed by atoms with van der Waals surface area (Å²) in [6, 6.07) is 78.0. The number of alkyl halides is 1. The third-order valence-corrected chi connectivity index (χ3v) is 16.9. The van der Waals surface area contributed by atoms with Crippen molar-refractivity contribution in [2.45, 2.75) is 28.7 Å². The molecule has 79 heavy (non-hydrogen) atoms. The maximum absolute atomic E-state index is 15.4. The molecule has 10 nitrogen and oxygen atoms in total. The molecule has 1 aromatic heterocycles. The van der Waals surface area contributed by atoms with Gasteiger partial charge in [0.2, 0.25) is 11.5 Å². The number of nitrogens with one attached hydrogen (secondary N) is 2. The highest BCUT2D eigenvalue weighted by atomic mass is 35.5. The van der Waals surface area contributed by atoms with E-state index in [2.05, 4.69) is 47.0 Å². The Balaban J connectivity index is 0.954. The van der Waals surface area contributed by atoms with E-state index in [1.807, 2.05) is 206 Å². The number of rotatable bonds is 19. The molecule has 2 aliphatic rings. The van der Waals surface area contributed by atoms with Crippen molar-refractivity contribution in [1.82, 2.24) is 15.2 Å². The Morgan fingerprint density at radius 1 is 0.658 bits per heavy atom. The molecule has 13 heteroatoms. The van der Waals surface area contributed by atoms with Gasteiger partial charge in [-0.2, -0.15) is 0 Å². The highest BCUT2D eigenvalue weighted by Gasteiger charge is 2.58. The van der Waals surface area contributed by atoms with Crippen molar-refractivity contribution in [3.63, 3.8) is 0 Å². The van der Waals surface area contributed by atoms with E-state index in [0.29, 0.717) is 5.13 Å². The number of β-lactam (4-membered cyclic amide) rings is 1. The number of benzene rings is 8. The maximum atomic E-state index is 15.4.